The van der Waals surface area contributed by atoms with Gasteiger partial charge in [-0.15, -0.1) is 0 Å². The minimum Gasteiger partial charge on any atom is -0.446 e. The molecular formula is C21H35N5O4. The minimum absolute atomic E-state index is 0.0469. The lowest BCUT2D eigenvalue weighted by molar-refractivity contribution is -0.127. The van der Waals surface area contributed by atoms with Crippen LogP contribution in [0.5, 0.6) is 0 Å². The molecule has 3 atom stereocenters. The van der Waals surface area contributed by atoms with Crippen LogP contribution in [-0.4, -0.2) is 86.3 Å². The van der Waals surface area contributed by atoms with Gasteiger partial charge in [0.1, 0.15) is 12.1 Å². The van der Waals surface area contributed by atoms with Crippen LogP contribution in [0.4, 0.5) is 4.79 Å². The lowest BCUT2D eigenvalue weighted by Crippen LogP contribution is -2.53. The Balaban J connectivity index is 1.36. The number of carbonyl (C=O) groups is 3. The Morgan fingerprint density at radius 1 is 1.27 bits per heavy atom. The molecule has 4 fully saturated rings. The highest BCUT2D eigenvalue weighted by atomic mass is 16.6. The minimum atomic E-state index is -0.500. The third-order valence-corrected chi connectivity index (χ3v) is 7.28. The zero-order valence-electron chi connectivity index (χ0n) is 18.1. The van der Waals surface area contributed by atoms with Gasteiger partial charge in [0.15, 0.2) is 0 Å². The average Bonchev–Trinajstić information content (AvgIpc) is 3.18. The summed E-state index contributed by atoms with van der Waals surface area (Å²) in [6, 6.07) is -0.500. The molecule has 3 amide bonds. The Hall–Kier alpha value is -1.87. The molecule has 1 aliphatic carbocycles. The maximum atomic E-state index is 13.1. The number of hydrogen-bond donors (Lipinski definition) is 3. The van der Waals surface area contributed by atoms with E-state index in [2.05, 4.69) is 27.9 Å². The van der Waals surface area contributed by atoms with Crippen molar-refractivity contribution in [1.29, 1.82) is 0 Å². The number of nitrogens with zero attached hydrogens (tertiary/aromatic N) is 2. The summed E-state index contributed by atoms with van der Waals surface area (Å²) in [5, 5.41) is 8.97. The van der Waals surface area contributed by atoms with Crippen LogP contribution in [0, 0.1) is 11.3 Å². The van der Waals surface area contributed by atoms with Gasteiger partial charge >= 0.3 is 6.09 Å². The molecule has 3 saturated heterocycles. The smallest absolute Gasteiger partial charge is 0.410 e. The Morgan fingerprint density at radius 3 is 2.60 bits per heavy atom. The molecule has 0 bridgehead atoms. The molecular weight excluding hydrogens is 386 g/mol. The van der Waals surface area contributed by atoms with E-state index in [4.69, 9.17) is 4.74 Å². The predicted molar refractivity (Wildman–Crippen MR) is 111 cm³/mol. The van der Waals surface area contributed by atoms with Crippen molar-refractivity contribution in [2.75, 3.05) is 40.3 Å². The fourth-order valence-corrected chi connectivity index (χ4v) is 5.01. The van der Waals surface area contributed by atoms with Crippen molar-refractivity contribution in [1.82, 2.24) is 25.8 Å². The van der Waals surface area contributed by atoms with Gasteiger partial charge in [0, 0.05) is 32.1 Å². The second kappa shape index (κ2) is 8.70. The number of piperidine rings is 1. The molecule has 0 aromatic heterocycles. The molecule has 0 aromatic carbocycles. The topological polar surface area (TPSA) is 103 Å². The summed E-state index contributed by atoms with van der Waals surface area (Å²) in [5.74, 6) is -0.200. The fourth-order valence-electron chi connectivity index (χ4n) is 5.01. The van der Waals surface area contributed by atoms with E-state index in [0.717, 1.165) is 45.2 Å². The zero-order chi connectivity index (χ0) is 21.3. The zero-order valence-corrected chi connectivity index (χ0v) is 18.1. The lowest BCUT2D eigenvalue weighted by Gasteiger charge is -2.31. The van der Waals surface area contributed by atoms with Crippen molar-refractivity contribution in [2.24, 2.45) is 11.3 Å². The summed E-state index contributed by atoms with van der Waals surface area (Å²) in [7, 11) is 3.85. The van der Waals surface area contributed by atoms with E-state index in [9.17, 15) is 14.4 Å². The number of carbonyl (C=O) groups excluding carboxylic acids is 3. The summed E-state index contributed by atoms with van der Waals surface area (Å²) >= 11 is 0. The summed E-state index contributed by atoms with van der Waals surface area (Å²) in [6.07, 6.45) is 5.10. The van der Waals surface area contributed by atoms with Gasteiger partial charge in [-0.25, -0.2) is 4.79 Å². The Bertz CT molecular complexity index is 674. The van der Waals surface area contributed by atoms with Gasteiger partial charge in [-0.1, -0.05) is 0 Å². The number of amides is 3. The summed E-state index contributed by atoms with van der Waals surface area (Å²) in [5.41, 5.74) is 0.0916. The molecule has 0 unspecified atom stereocenters. The molecule has 168 valence electrons. The van der Waals surface area contributed by atoms with Crippen LogP contribution in [-0.2, 0) is 14.3 Å². The molecule has 0 aromatic rings. The third-order valence-electron chi connectivity index (χ3n) is 7.28. The molecule has 3 heterocycles. The summed E-state index contributed by atoms with van der Waals surface area (Å²) in [6.45, 7) is 3.14. The normalized spacial score (nSPS) is 29.7. The van der Waals surface area contributed by atoms with Crippen molar-refractivity contribution < 1.29 is 19.1 Å². The number of nitrogens with one attached hydrogen (secondary N) is 3. The van der Waals surface area contributed by atoms with Crippen molar-refractivity contribution in [3.05, 3.63) is 0 Å². The van der Waals surface area contributed by atoms with Crippen molar-refractivity contribution in [3.63, 3.8) is 0 Å². The van der Waals surface area contributed by atoms with Crippen LogP contribution in [0.2, 0.25) is 0 Å². The Kier molecular flexibility index (Phi) is 6.20. The van der Waals surface area contributed by atoms with E-state index >= 15 is 0 Å². The van der Waals surface area contributed by atoms with E-state index < -0.39 is 6.04 Å². The number of ether oxygens (including phenoxy) is 1. The van der Waals surface area contributed by atoms with Gasteiger partial charge < -0.3 is 25.6 Å². The SMILES string of the molecule is CN[C@H](C[C@@H]1CCNC1=O)NC(=O)[C@@H]1CC2(CC2)CN1C(=O)OC1CCN(C)CC1. The van der Waals surface area contributed by atoms with Crippen molar-refractivity contribution in [3.8, 4) is 0 Å². The molecule has 9 heteroatoms. The predicted octanol–water partition coefficient (Wildman–Crippen LogP) is 0.260. The van der Waals surface area contributed by atoms with Gasteiger partial charge in [0.25, 0.3) is 0 Å². The molecule has 1 spiro atoms. The summed E-state index contributed by atoms with van der Waals surface area (Å²) in [4.78, 5) is 41.8. The molecule has 9 nitrogen and oxygen atoms in total. The fraction of sp³-hybridized carbons (Fsp3) is 0.857. The number of rotatable bonds is 6. The number of likely N-dealkylation sites (tertiary alicyclic amines) is 2. The van der Waals surface area contributed by atoms with Crippen LogP contribution in [0.25, 0.3) is 0 Å². The second-order valence-corrected chi connectivity index (χ2v) is 9.60. The first-order valence-electron chi connectivity index (χ1n) is 11.3. The van der Waals surface area contributed by atoms with E-state index in [-0.39, 0.29) is 41.5 Å². The molecule has 0 radical (unpaired) electrons. The quantitative estimate of drug-likeness (QED) is 0.532. The van der Waals surface area contributed by atoms with Gasteiger partial charge in [0.05, 0.1) is 6.17 Å². The van der Waals surface area contributed by atoms with Crippen LogP contribution < -0.4 is 16.0 Å². The second-order valence-electron chi connectivity index (χ2n) is 9.60. The first-order chi connectivity index (χ1) is 14.4. The van der Waals surface area contributed by atoms with Crippen LogP contribution >= 0.6 is 0 Å². The standard InChI is InChI=1S/C21H35N5O4/c1-22-17(11-14-3-8-23-18(14)27)24-19(28)16-12-21(6-7-21)13-26(16)20(29)30-15-4-9-25(2)10-5-15/h14-17,22H,3-13H2,1-2H3,(H,23,27)(H,24,28)/t14-,16-,17-/m0/s1. The highest BCUT2D eigenvalue weighted by Crippen LogP contribution is 2.55. The van der Waals surface area contributed by atoms with Crippen LogP contribution in [0.1, 0.15) is 44.9 Å². The average molecular weight is 422 g/mol. The molecule has 30 heavy (non-hydrogen) atoms. The molecule has 4 rings (SSSR count). The van der Waals surface area contributed by atoms with Crippen molar-refractivity contribution >= 4 is 17.9 Å². The van der Waals surface area contributed by atoms with Gasteiger partial charge in [-0.05, 0) is 64.5 Å². The first-order valence-corrected chi connectivity index (χ1v) is 11.3. The Labute approximate surface area is 178 Å². The van der Waals surface area contributed by atoms with Gasteiger partial charge in [-0.3, -0.25) is 14.5 Å². The monoisotopic (exact) mass is 421 g/mol. The third kappa shape index (κ3) is 4.72. The molecule has 1 saturated carbocycles. The molecule has 3 aliphatic heterocycles. The van der Waals surface area contributed by atoms with E-state index in [1.807, 2.05) is 0 Å². The first kappa shape index (κ1) is 21.4. The highest BCUT2D eigenvalue weighted by molar-refractivity contribution is 5.87. The molecule has 3 N–H and O–H groups in total. The van der Waals surface area contributed by atoms with Gasteiger partial charge in [0.2, 0.25) is 11.8 Å². The Morgan fingerprint density at radius 2 is 2.00 bits per heavy atom. The van der Waals surface area contributed by atoms with Crippen LogP contribution in [0.15, 0.2) is 0 Å². The highest BCUT2D eigenvalue weighted by Gasteiger charge is 2.56. The largest absolute Gasteiger partial charge is 0.446 e. The summed E-state index contributed by atoms with van der Waals surface area (Å²) < 4.78 is 5.79. The number of hydrogen-bond acceptors (Lipinski definition) is 6. The van der Waals surface area contributed by atoms with Crippen molar-refractivity contribution in [2.45, 2.75) is 63.3 Å². The van der Waals surface area contributed by atoms with E-state index in [1.54, 1.807) is 11.9 Å². The molecule has 4 aliphatic rings. The van der Waals surface area contributed by atoms with Gasteiger partial charge in [-0.2, -0.15) is 0 Å². The van der Waals surface area contributed by atoms with E-state index in [0.29, 0.717) is 25.9 Å². The van der Waals surface area contributed by atoms with Crippen LogP contribution in [0.3, 0.4) is 0 Å². The maximum absolute atomic E-state index is 13.1. The maximum Gasteiger partial charge on any atom is 0.410 e. The van der Waals surface area contributed by atoms with E-state index in [1.165, 1.54) is 0 Å². The lowest BCUT2D eigenvalue weighted by atomic mass is 10.0.